The van der Waals surface area contributed by atoms with Gasteiger partial charge < -0.3 is 20.4 Å². The van der Waals surface area contributed by atoms with Crippen LogP contribution in [0.4, 0.5) is 14.5 Å². The number of hydrogen-bond acceptors (Lipinski definition) is 6. The topological polar surface area (TPSA) is 108 Å². The molecule has 1 aliphatic rings. The Morgan fingerprint density at radius 3 is 2.24 bits per heavy atom. The first-order valence-corrected chi connectivity index (χ1v) is 14.3. The summed E-state index contributed by atoms with van der Waals surface area (Å²) in [5.74, 6) is -1.96. The van der Waals surface area contributed by atoms with Gasteiger partial charge in [0.15, 0.2) is 5.75 Å². The zero-order chi connectivity index (χ0) is 28.7. The fourth-order valence-corrected chi connectivity index (χ4v) is 5.66. The van der Waals surface area contributed by atoms with E-state index in [2.05, 4.69) is 10.6 Å². The molecule has 220 valence electrons. The van der Waals surface area contributed by atoms with Gasteiger partial charge in [0.05, 0.1) is 17.1 Å². The van der Waals surface area contributed by atoms with Gasteiger partial charge in [0.25, 0.3) is 15.9 Å². The third-order valence-corrected chi connectivity index (χ3v) is 8.05. The lowest BCUT2D eigenvalue weighted by Gasteiger charge is -2.34. The number of carbonyl (C=O) groups excluding carboxylic acids is 2. The highest BCUT2D eigenvalue weighted by atomic mass is 35.5. The summed E-state index contributed by atoms with van der Waals surface area (Å²) < 4.78 is 54.9. The number of anilines is 1. The number of nitrogens with zero attached hydrogens (tertiary/aromatic N) is 2. The summed E-state index contributed by atoms with van der Waals surface area (Å²) in [6.45, 7) is 3.92. The van der Waals surface area contributed by atoms with Crippen LogP contribution in [0, 0.1) is 11.6 Å². The van der Waals surface area contributed by atoms with Crippen molar-refractivity contribution < 1.29 is 31.6 Å². The molecule has 3 aromatic rings. The molecule has 0 atom stereocenters. The molecule has 3 aromatic carbocycles. The van der Waals surface area contributed by atoms with Gasteiger partial charge in [-0.05, 0) is 93.5 Å². The van der Waals surface area contributed by atoms with Crippen LogP contribution in [-0.4, -0.2) is 57.4 Å². The highest BCUT2D eigenvalue weighted by Gasteiger charge is 2.29. The lowest BCUT2D eigenvalue weighted by molar-refractivity contribution is -0.132. The van der Waals surface area contributed by atoms with Crippen molar-refractivity contribution in [1.82, 2.24) is 15.5 Å². The molecule has 1 heterocycles. The molecule has 2 amide bonds. The number of sulfonamides is 1. The van der Waals surface area contributed by atoms with E-state index in [1.165, 1.54) is 48.5 Å². The van der Waals surface area contributed by atoms with E-state index in [1.807, 2.05) is 6.92 Å². The zero-order valence-corrected chi connectivity index (χ0v) is 23.9. The van der Waals surface area contributed by atoms with Crippen molar-refractivity contribution in [2.24, 2.45) is 0 Å². The number of halogens is 3. The Hall–Kier alpha value is -3.74. The van der Waals surface area contributed by atoms with Crippen LogP contribution < -0.4 is 19.9 Å². The smallest absolute Gasteiger partial charge is 0.295 e. The fourth-order valence-electron chi connectivity index (χ4n) is 4.41. The Bertz CT molecular complexity index is 1440. The number of amides is 2. The summed E-state index contributed by atoms with van der Waals surface area (Å²) in [7, 11) is -4.42. The predicted octanol–water partition coefficient (Wildman–Crippen LogP) is 3.91. The van der Waals surface area contributed by atoms with Crippen molar-refractivity contribution in [3.63, 3.8) is 0 Å². The molecule has 4 rings (SSSR count). The van der Waals surface area contributed by atoms with Crippen molar-refractivity contribution in [3.05, 3.63) is 90.0 Å². The minimum absolute atomic E-state index is 0. The van der Waals surface area contributed by atoms with E-state index in [9.17, 15) is 26.8 Å². The van der Waals surface area contributed by atoms with Gasteiger partial charge in [0, 0.05) is 24.2 Å². The van der Waals surface area contributed by atoms with E-state index in [4.69, 9.17) is 4.84 Å². The summed E-state index contributed by atoms with van der Waals surface area (Å²) >= 11 is 0. The largest absolute Gasteiger partial charge is 0.364 e. The quantitative estimate of drug-likeness (QED) is 0.338. The van der Waals surface area contributed by atoms with Gasteiger partial charge in [0.1, 0.15) is 11.6 Å². The van der Waals surface area contributed by atoms with Crippen LogP contribution in [-0.2, 0) is 14.8 Å². The van der Waals surface area contributed by atoms with Crippen molar-refractivity contribution in [2.45, 2.75) is 30.7 Å². The molecule has 0 radical (unpaired) electrons. The van der Waals surface area contributed by atoms with Crippen LogP contribution in [0.25, 0.3) is 0 Å². The number of nitrogens with one attached hydrogen (secondary N) is 2. The molecule has 0 aromatic heterocycles. The monoisotopic (exact) mass is 608 g/mol. The van der Waals surface area contributed by atoms with Gasteiger partial charge in [-0.15, -0.1) is 12.4 Å². The van der Waals surface area contributed by atoms with Crippen LogP contribution in [0.5, 0.6) is 5.75 Å². The molecule has 0 bridgehead atoms. The summed E-state index contributed by atoms with van der Waals surface area (Å²) in [6.07, 6.45) is 1.70. The molecular weight excluding hydrogens is 578 g/mol. The molecule has 0 unspecified atom stereocenters. The standard InChI is InChI=1S/C28H30F2N4O5S.ClH/c1-2-33(23-14-16-31-17-15-23)27(35)19-32-28(36)20-6-12-26(13-7-20)40(37,38)34(24-5-3-4-22(30)18-24)39-25-10-8-21(29)9-11-25;/h3-13,18,23,31H,2,14-17,19H2,1H3,(H,32,36);1H. The molecule has 2 N–H and O–H groups in total. The fraction of sp³-hybridized carbons (Fsp3) is 0.286. The first-order valence-electron chi connectivity index (χ1n) is 12.8. The maximum absolute atomic E-state index is 14.0. The first kappa shape index (κ1) is 31.8. The average molecular weight is 609 g/mol. The van der Waals surface area contributed by atoms with Crippen LogP contribution in [0.15, 0.2) is 77.7 Å². The second-order valence-corrected chi connectivity index (χ2v) is 10.9. The number of likely N-dealkylation sites (N-methyl/N-ethyl adjacent to an activating group) is 1. The van der Waals surface area contributed by atoms with E-state index >= 15 is 0 Å². The summed E-state index contributed by atoms with van der Waals surface area (Å²) in [6, 6.07) is 14.6. The van der Waals surface area contributed by atoms with E-state index in [0.717, 1.165) is 50.2 Å². The van der Waals surface area contributed by atoms with Crippen LogP contribution in [0.1, 0.15) is 30.1 Å². The molecule has 0 spiro atoms. The van der Waals surface area contributed by atoms with Gasteiger partial charge in [-0.2, -0.15) is 8.42 Å². The number of hydrogen-bond donors (Lipinski definition) is 2. The summed E-state index contributed by atoms with van der Waals surface area (Å²) in [5, 5.41) is 5.86. The number of carbonyl (C=O) groups is 2. The average Bonchev–Trinajstić information content (AvgIpc) is 2.96. The zero-order valence-electron chi connectivity index (χ0n) is 22.3. The van der Waals surface area contributed by atoms with Gasteiger partial charge in [-0.3, -0.25) is 9.59 Å². The highest BCUT2D eigenvalue weighted by molar-refractivity contribution is 7.92. The molecule has 1 fully saturated rings. The summed E-state index contributed by atoms with van der Waals surface area (Å²) in [4.78, 5) is 32.5. The van der Waals surface area contributed by atoms with E-state index in [0.29, 0.717) is 11.0 Å². The molecular formula is C28H31ClF2N4O5S. The van der Waals surface area contributed by atoms with Crippen molar-refractivity contribution in [3.8, 4) is 5.75 Å². The van der Waals surface area contributed by atoms with Crippen LogP contribution in [0.2, 0.25) is 0 Å². The van der Waals surface area contributed by atoms with Crippen LogP contribution in [0.3, 0.4) is 0 Å². The van der Waals surface area contributed by atoms with Crippen molar-refractivity contribution in [2.75, 3.05) is 30.6 Å². The SMILES string of the molecule is CCN(C(=O)CNC(=O)c1ccc(S(=O)(=O)N(Oc2ccc(F)cc2)c2cccc(F)c2)cc1)C1CCNCC1.Cl. The van der Waals surface area contributed by atoms with Crippen LogP contribution >= 0.6 is 12.4 Å². The number of rotatable bonds is 10. The molecule has 1 aliphatic heterocycles. The maximum Gasteiger partial charge on any atom is 0.295 e. The maximum atomic E-state index is 14.0. The third-order valence-electron chi connectivity index (χ3n) is 6.46. The van der Waals surface area contributed by atoms with E-state index in [-0.39, 0.29) is 52.8 Å². The molecule has 0 aliphatic carbocycles. The van der Waals surface area contributed by atoms with Crippen molar-refractivity contribution in [1.29, 1.82) is 0 Å². The molecule has 0 saturated carbocycles. The Morgan fingerprint density at radius 2 is 1.63 bits per heavy atom. The predicted molar refractivity (Wildman–Crippen MR) is 152 cm³/mol. The van der Waals surface area contributed by atoms with Crippen molar-refractivity contribution >= 4 is 39.9 Å². The van der Waals surface area contributed by atoms with E-state index in [1.54, 1.807) is 4.90 Å². The minimum Gasteiger partial charge on any atom is -0.364 e. The lowest BCUT2D eigenvalue weighted by atomic mass is 10.0. The van der Waals surface area contributed by atoms with E-state index < -0.39 is 27.6 Å². The Morgan fingerprint density at radius 1 is 0.976 bits per heavy atom. The van der Waals surface area contributed by atoms with Gasteiger partial charge >= 0.3 is 0 Å². The Balaban J connectivity index is 0.00000462. The Kier molecular flexibility index (Phi) is 11.0. The molecule has 9 nitrogen and oxygen atoms in total. The second-order valence-electron chi connectivity index (χ2n) is 9.13. The third kappa shape index (κ3) is 7.93. The molecule has 41 heavy (non-hydrogen) atoms. The first-order chi connectivity index (χ1) is 19.2. The van der Waals surface area contributed by atoms with Gasteiger partial charge in [-0.25, -0.2) is 8.78 Å². The normalized spacial score (nSPS) is 13.5. The molecule has 1 saturated heterocycles. The van der Waals surface area contributed by atoms with Gasteiger partial charge in [0.2, 0.25) is 5.91 Å². The Labute approximate surface area is 243 Å². The number of piperidine rings is 1. The minimum atomic E-state index is -4.42. The number of benzene rings is 3. The summed E-state index contributed by atoms with van der Waals surface area (Å²) in [5.41, 5.74) is 0.0207. The highest BCUT2D eigenvalue weighted by Crippen LogP contribution is 2.27. The van der Waals surface area contributed by atoms with Gasteiger partial charge in [-0.1, -0.05) is 10.5 Å². The second kappa shape index (κ2) is 14.2. The lowest BCUT2D eigenvalue weighted by Crippen LogP contribution is -2.49. The molecule has 13 heteroatoms.